The standard InChI is InChI=1S/C13H20N2O2/c1-15(2)11-8-14-7-9-5-10(16-3)6-12(17-4)13(9)11/h5-6,11,14H,7-8H2,1-4H3/p+2/t11-/m0/s1. The van der Waals surface area contributed by atoms with E-state index in [0.29, 0.717) is 6.04 Å². The summed E-state index contributed by atoms with van der Waals surface area (Å²) in [5, 5.41) is 2.35. The van der Waals surface area contributed by atoms with Gasteiger partial charge in [0.05, 0.1) is 33.9 Å². The van der Waals surface area contributed by atoms with E-state index in [0.717, 1.165) is 24.6 Å². The van der Waals surface area contributed by atoms with Crippen molar-refractivity contribution in [1.29, 1.82) is 0 Å². The first-order valence-corrected chi connectivity index (χ1v) is 6.04. The quantitative estimate of drug-likeness (QED) is 0.706. The monoisotopic (exact) mass is 238 g/mol. The van der Waals surface area contributed by atoms with Crippen LogP contribution in [0.2, 0.25) is 0 Å². The van der Waals surface area contributed by atoms with Gasteiger partial charge in [-0.2, -0.15) is 0 Å². The largest absolute Gasteiger partial charge is 0.497 e. The smallest absolute Gasteiger partial charge is 0.166 e. The molecule has 1 aliphatic heterocycles. The van der Waals surface area contributed by atoms with Crippen LogP contribution in [0.5, 0.6) is 11.5 Å². The third-order valence-electron chi connectivity index (χ3n) is 3.47. The molecule has 1 aromatic carbocycles. The molecule has 3 N–H and O–H groups in total. The number of quaternary nitrogens is 2. The Balaban J connectivity index is 2.51. The molecule has 0 radical (unpaired) electrons. The number of methoxy groups -OCH3 is 2. The Morgan fingerprint density at radius 1 is 1.24 bits per heavy atom. The summed E-state index contributed by atoms with van der Waals surface area (Å²) in [6, 6.07) is 4.60. The van der Waals surface area contributed by atoms with Gasteiger partial charge in [-0.15, -0.1) is 0 Å². The van der Waals surface area contributed by atoms with Crippen molar-refractivity contribution < 1.29 is 19.7 Å². The zero-order valence-corrected chi connectivity index (χ0v) is 11.0. The van der Waals surface area contributed by atoms with E-state index in [1.54, 1.807) is 14.2 Å². The van der Waals surface area contributed by atoms with E-state index in [1.807, 2.05) is 6.07 Å². The maximum absolute atomic E-state index is 5.53. The van der Waals surface area contributed by atoms with E-state index >= 15 is 0 Å². The van der Waals surface area contributed by atoms with Gasteiger partial charge in [-0.1, -0.05) is 0 Å². The molecular weight excluding hydrogens is 216 g/mol. The average Bonchev–Trinajstić information content (AvgIpc) is 2.36. The molecule has 1 aromatic rings. The molecule has 0 saturated carbocycles. The summed E-state index contributed by atoms with van der Waals surface area (Å²) in [6.07, 6.45) is 0. The molecule has 0 amide bonds. The molecule has 4 nitrogen and oxygen atoms in total. The van der Waals surface area contributed by atoms with Crippen molar-refractivity contribution in [2.24, 2.45) is 0 Å². The first kappa shape index (κ1) is 12.2. The highest BCUT2D eigenvalue weighted by molar-refractivity contribution is 5.48. The van der Waals surface area contributed by atoms with Crippen molar-refractivity contribution in [3.05, 3.63) is 23.3 Å². The molecule has 4 heteroatoms. The first-order chi connectivity index (χ1) is 8.17. The zero-order chi connectivity index (χ0) is 12.4. The molecule has 94 valence electrons. The number of ether oxygens (including phenoxy) is 2. The fourth-order valence-electron chi connectivity index (χ4n) is 2.56. The van der Waals surface area contributed by atoms with E-state index < -0.39 is 0 Å². The van der Waals surface area contributed by atoms with Crippen LogP contribution in [-0.4, -0.2) is 34.9 Å². The normalized spacial score (nSPS) is 19.0. The van der Waals surface area contributed by atoms with Crippen LogP contribution >= 0.6 is 0 Å². The first-order valence-electron chi connectivity index (χ1n) is 6.04. The Hall–Kier alpha value is -1.26. The number of hydrogen-bond acceptors (Lipinski definition) is 2. The van der Waals surface area contributed by atoms with Gasteiger partial charge in [0.15, 0.2) is 6.04 Å². The van der Waals surface area contributed by atoms with Crippen LogP contribution in [0.1, 0.15) is 17.2 Å². The average molecular weight is 238 g/mol. The van der Waals surface area contributed by atoms with Gasteiger partial charge in [-0.25, -0.2) is 0 Å². The minimum absolute atomic E-state index is 0.486. The van der Waals surface area contributed by atoms with Gasteiger partial charge in [0.2, 0.25) is 0 Å². The van der Waals surface area contributed by atoms with Crippen molar-refractivity contribution in [3.8, 4) is 11.5 Å². The highest BCUT2D eigenvalue weighted by Gasteiger charge is 2.31. The third-order valence-corrected chi connectivity index (χ3v) is 3.47. The lowest BCUT2D eigenvalue weighted by Crippen LogP contribution is -3.10. The second kappa shape index (κ2) is 4.94. The summed E-state index contributed by atoms with van der Waals surface area (Å²) < 4.78 is 10.8. The Labute approximate surface area is 103 Å². The van der Waals surface area contributed by atoms with Crippen LogP contribution in [0.25, 0.3) is 0 Å². The predicted octanol–water partition coefficient (Wildman–Crippen LogP) is -1.03. The van der Waals surface area contributed by atoms with Gasteiger partial charge in [0.25, 0.3) is 0 Å². The van der Waals surface area contributed by atoms with E-state index in [2.05, 4.69) is 25.5 Å². The summed E-state index contributed by atoms with van der Waals surface area (Å²) in [5.41, 5.74) is 2.68. The fraction of sp³-hybridized carbons (Fsp3) is 0.538. The number of likely N-dealkylation sites (N-methyl/N-ethyl adjacent to an activating group) is 1. The van der Waals surface area contributed by atoms with Crippen molar-refractivity contribution in [1.82, 2.24) is 0 Å². The second-order valence-electron chi connectivity index (χ2n) is 4.76. The van der Waals surface area contributed by atoms with Gasteiger partial charge in [-0.3, -0.25) is 0 Å². The lowest BCUT2D eigenvalue weighted by atomic mass is 9.94. The molecule has 1 atom stereocenters. The van der Waals surface area contributed by atoms with Crippen LogP contribution in [0.4, 0.5) is 0 Å². The maximum atomic E-state index is 5.53. The van der Waals surface area contributed by atoms with Crippen molar-refractivity contribution in [2.75, 3.05) is 34.9 Å². The summed E-state index contributed by atoms with van der Waals surface area (Å²) >= 11 is 0. The van der Waals surface area contributed by atoms with E-state index in [9.17, 15) is 0 Å². The Kier molecular flexibility index (Phi) is 3.54. The number of benzene rings is 1. The number of rotatable bonds is 3. The number of nitrogens with two attached hydrogens (primary N) is 1. The van der Waals surface area contributed by atoms with Gasteiger partial charge < -0.3 is 19.7 Å². The van der Waals surface area contributed by atoms with Gasteiger partial charge in [0.1, 0.15) is 24.6 Å². The van der Waals surface area contributed by atoms with E-state index in [4.69, 9.17) is 9.47 Å². The van der Waals surface area contributed by atoms with Crippen molar-refractivity contribution in [2.45, 2.75) is 12.6 Å². The van der Waals surface area contributed by atoms with Crippen LogP contribution in [-0.2, 0) is 6.54 Å². The summed E-state index contributed by atoms with van der Waals surface area (Å²) in [7, 11) is 7.81. The molecule has 0 aliphatic carbocycles. The Morgan fingerprint density at radius 2 is 2.00 bits per heavy atom. The topological polar surface area (TPSA) is 39.5 Å². The van der Waals surface area contributed by atoms with Gasteiger partial charge >= 0.3 is 0 Å². The number of nitrogens with one attached hydrogen (secondary N) is 1. The highest BCUT2D eigenvalue weighted by Crippen LogP contribution is 2.32. The van der Waals surface area contributed by atoms with Gasteiger partial charge in [-0.05, 0) is 6.07 Å². The zero-order valence-electron chi connectivity index (χ0n) is 11.0. The lowest BCUT2D eigenvalue weighted by molar-refractivity contribution is -0.912. The second-order valence-corrected chi connectivity index (χ2v) is 4.76. The summed E-state index contributed by atoms with van der Waals surface area (Å²) in [5.74, 6) is 1.84. The van der Waals surface area contributed by atoms with Crippen molar-refractivity contribution in [3.63, 3.8) is 0 Å². The van der Waals surface area contributed by atoms with Crippen LogP contribution < -0.4 is 19.7 Å². The Morgan fingerprint density at radius 3 is 2.59 bits per heavy atom. The van der Waals surface area contributed by atoms with Crippen LogP contribution in [0.15, 0.2) is 12.1 Å². The molecule has 0 spiro atoms. The molecular formula is C13H22N2O2+2. The Bertz CT molecular complexity index is 387. The van der Waals surface area contributed by atoms with Crippen LogP contribution in [0.3, 0.4) is 0 Å². The predicted molar refractivity (Wildman–Crippen MR) is 65.6 cm³/mol. The minimum Gasteiger partial charge on any atom is -0.497 e. The number of fused-ring (bicyclic) bond motifs is 1. The molecule has 0 saturated heterocycles. The van der Waals surface area contributed by atoms with Gasteiger partial charge in [0, 0.05) is 11.6 Å². The van der Waals surface area contributed by atoms with Crippen molar-refractivity contribution >= 4 is 0 Å². The van der Waals surface area contributed by atoms with E-state index in [1.165, 1.54) is 16.0 Å². The maximum Gasteiger partial charge on any atom is 0.166 e. The number of hydrogen-bond donors (Lipinski definition) is 2. The molecule has 0 unspecified atom stereocenters. The third kappa shape index (κ3) is 2.23. The summed E-state index contributed by atoms with van der Waals surface area (Å²) in [6.45, 7) is 2.12. The molecule has 1 aliphatic rings. The molecule has 0 fully saturated rings. The van der Waals surface area contributed by atoms with E-state index in [-0.39, 0.29) is 0 Å². The fourth-order valence-corrected chi connectivity index (χ4v) is 2.56. The summed E-state index contributed by atoms with van der Waals surface area (Å²) in [4.78, 5) is 1.44. The molecule has 2 rings (SSSR count). The van der Waals surface area contributed by atoms with Crippen LogP contribution in [0, 0.1) is 0 Å². The SMILES string of the molecule is COc1cc2c(c(OC)c1)[C@@H]([NH+](C)C)C[NH2+]C2. The molecule has 0 bridgehead atoms. The molecule has 0 aromatic heterocycles. The molecule has 1 heterocycles. The lowest BCUT2D eigenvalue weighted by Gasteiger charge is -2.28. The molecule has 17 heavy (non-hydrogen) atoms. The highest BCUT2D eigenvalue weighted by atomic mass is 16.5. The minimum atomic E-state index is 0.486.